The summed E-state index contributed by atoms with van der Waals surface area (Å²) < 4.78 is 45.8. The molecule has 0 bridgehead atoms. The van der Waals surface area contributed by atoms with E-state index in [1.165, 1.54) is 12.1 Å². The normalized spacial score (nSPS) is 13.2. The van der Waals surface area contributed by atoms with Crippen LogP contribution in [0.15, 0.2) is 18.2 Å². The Balaban J connectivity index is 3.07. The van der Waals surface area contributed by atoms with Gasteiger partial charge in [-0.2, -0.15) is 0 Å². The molecule has 0 aliphatic rings. The zero-order valence-electron chi connectivity index (χ0n) is 15.9. The zero-order valence-corrected chi connectivity index (χ0v) is 16.9. The van der Waals surface area contributed by atoms with Crippen molar-refractivity contribution in [1.82, 2.24) is 0 Å². The summed E-state index contributed by atoms with van der Waals surface area (Å²) in [6, 6.07) is 4.25. The highest BCUT2D eigenvalue weighted by Crippen LogP contribution is 2.31. The summed E-state index contributed by atoms with van der Waals surface area (Å²) in [7, 11) is -2.90. The van der Waals surface area contributed by atoms with Crippen molar-refractivity contribution in [2.24, 2.45) is 0 Å². The third-order valence-corrected chi connectivity index (χ3v) is 6.74. The van der Waals surface area contributed by atoms with Gasteiger partial charge in [0.15, 0.2) is 0 Å². The van der Waals surface area contributed by atoms with Crippen molar-refractivity contribution in [3.05, 3.63) is 35.4 Å². The van der Waals surface area contributed by atoms with Gasteiger partial charge in [-0.05, 0) is 43.4 Å². The van der Waals surface area contributed by atoms with E-state index in [1.54, 1.807) is 0 Å². The lowest BCUT2D eigenvalue weighted by atomic mass is 10.1. The molecule has 0 heterocycles. The SMILES string of the molecule is CCCC[Si](OCCC)(OCCC)OC(CC)c1cc(F)cc(F)c1. The van der Waals surface area contributed by atoms with E-state index in [1.807, 2.05) is 20.8 Å². The number of rotatable bonds is 13. The maximum atomic E-state index is 13.6. The van der Waals surface area contributed by atoms with Gasteiger partial charge >= 0.3 is 8.80 Å². The standard InChI is InChI=1S/C19H32F2O3Si/c1-5-9-12-25(22-10-6-2,23-11-7-3)24-19(8-4)16-13-17(20)15-18(21)14-16/h13-15,19H,5-12H2,1-4H3. The molecular formula is C19H32F2O3Si. The molecule has 0 aliphatic heterocycles. The molecule has 0 aliphatic carbocycles. The van der Waals surface area contributed by atoms with Crippen molar-refractivity contribution in [2.75, 3.05) is 13.2 Å². The summed E-state index contributed by atoms with van der Waals surface area (Å²) in [5.41, 5.74) is 0.494. The van der Waals surface area contributed by atoms with Gasteiger partial charge < -0.3 is 13.3 Å². The molecule has 6 heteroatoms. The lowest BCUT2D eigenvalue weighted by Crippen LogP contribution is -2.47. The number of hydrogen-bond acceptors (Lipinski definition) is 3. The van der Waals surface area contributed by atoms with E-state index < -0.39 is 26.5 Å². The first-order chi connectivity index (χ1) is 12.0. The molecule has 0 radical (unpaired) electrons. The topological polar surface area (TPSA) is 27.7 Å². The van der Waals surface area contributed by atoms with Gasteiger partial charge in [0, 0.05) is 25.3 Å². The summed E-state index contributed by atoms with van der Waals surface area (Å²) >= 11 is 0. The Morgan fingerprint density at radius 3 is 1.88 bits per heavy atom. The van der Waals surface area contributed by atoms with E-state index in [9.17, 15) is 8.78 Å². The minimum Gasteiger partial charge on any atom is -0.373 e. The van der Waals surface area contributed by atoms with Crippen molar-refractivity contribution in [1.29, 1.82) is 0 Å². The van der Waals surface area contributed by atoms with Crippen LogP contribution in [0.5, 0.6) is 0 Å². The van der Waals surface area contributed by atoms with Crippen LogP contribution >= 0.6 is 0 Å². The van der Waals surface area contributed by atoms with Crippen LogP contribution in [0.1, 0.15) is 71.5 Å². The van der Waals surface area contributed by atoms with E-state index in [4.69, 9.17) is 13.3 Å². The molecule has 1 unspecified atom stereocenters. The van der Waals surface area contributed by atoms with Crippen LogP contribution in [0.3, 0.4) is 0 Å². The molecule has 1 atom stereocenters. The maximum Gasteiger partial charge on any atom is 0.501 e. The number of halogens is 2. The van der Waals surface area contributed by atoms with Gasteiger partial charge in [0.2, 0.25) is 0 Å². The van der Waals surface area contributed by atoms with Gasteiger partial charge in [-0.25, -0.2) is 8.78 Å². The van der Waals surface area contributed by atoms with Gasteiger partial charge in [-0.15, -0.1) is 0 Å². The van der Waals surface area contributed by atoms with Crippen molar-refractivity contribution in [3.8, 4) is 0 Å². The molecule has 0 fully saturated rings. The Kier molecular flexibility index (Phi) is 10.4. The van der Waals surface area contributed by atoms with E-state index in [-0.39, 0.29) is 0 Å². The lowest BCUT2D eigenvalue weighted by molar-refractivity contribution is 0.0236. The first-order valence-corrected chi connectivity index (χ1v) is 11.3. The van der Waals surface area contributed by atoms with Crippen LogP contribution in [0, 0.1) is 11.6 Å². The largest absolute Gasteiger partial charge is 0.501 e. The van der Waals surface area contributed by atoms with E-state index in [0.29, 0.717) is 25.2 Å². The lowest BCUT2D eigenvalue weighted by Gasteiger charge is -2.33. The molecule has 0 spiro atoms. The van der Waals surface area contributed by atoms with E-state index >= 15 is 0 Å². The Hall–Kier alpha value is -0.823. The van der Waals surface area contributed by atoms with Crippen LogP contribution in [0.25, 0.3) is 0 Å². The summed E-state index contributed by atoms with van der Waals surface area (Å²) in [4.78, 5) is 0. The van der Waals surface area contributed by atoms with Crippen molar-refractivity contribution < 1.29 is 22.1 Å². The number of benzene rings is 1. The predicted molar refractivity (Wildman–Crippen MR) is 98.4 cm³/mol. The first-order valence-electron chi connectivity index (χ1n) is 9.41. The Labute approximate surface area is 152 Å². The highest BCUT2D eigenvalue weighted by molar-refractivity contribution is 6.60. The number of hydrogen-bond donors (Lipinski definition) is 0. The molecule has 0 aromatic heterocycles. The summed E-state index contributed by atoms with van der Waals surface area (Å²) in [6.45, 7) is 9.25. The van der Waals surface area contributed by atoms with Crippen LogP contribution in [-0.2, 0) is 13.3 Å². The fourth-order valence-corrected chi connectivity index (χ4v) is 5.77. The highest BCUT2D eigenvalue weighted by Gasteiger charge is 2.42. The van der Waals surface area contributed by atoms with E-state index in [2.05, 4.69) is 6.92 Å². The van der Waals surface area contributed by atoms with Gasteiger partial charge in [0.05, 0.1) is 6.10 Å². The third-order valence-electron chi connectivity index (χ3n) is 3.84. The second kappa shape index (κ2) is 11.7. The summed E-state index contributed by atoms with van der Waals surface area (Å²) in [5, 5.41) is 0. The smallest absolute Gasteiger partial charge is 0.373 e. The van der Waals surface area contributed by atoms with Crippen molar-refractivity contribution in [3.63, 3.8) is 0 Å². The molecule has 25 heavy (non-hydrogen) atoms. The molecule has 3 nitrogen and oxygen atoms in total. The maximum absolute atomic E-state index is 13.6. The Morgan fingerprint density at radius 1 is 0.880 bits per heavy atom. The summed E-state index contributed by atoms with van der Waals surface area (Å²) in [6.07, 6.45) is 3.83. The van der Waals surface area contributed by atoms with Gasteiger partial charge in [-0.1, -0.05) is 34.1 Å². The minimum absolute atomic E-state index is 0.442. The van der Waals surface area contributed by atoms with Crippen LogP contribution in [-0.4, -0.2) is 22.0 Å². The quantitative estimate of drug-likeness (QED) is 0.395. The molecule has 0 saturated carbocycles. The molecule has 0 amide bonds. The second-order valence-electron chi connectivity index (χ2n) is 6.20. The average Bonchev–Trinajstić information content (AvgIpc) is 2.59. The van der Waals surface area contributed by atoms with Crippen molar-refractivity contribution in [2.45, 2.75) is 71.9 Å². The first kappa shape index (κ1) is 22.2. The van der Waals surface area contributed by atoms with Gasteiger partial charge in [-0.3, -0.25) is 0 Å². The average molecular weight is 375 g/mol. The van der Waals surface area contributed by atoms with Gasteiger partial charge in [0.25, 0.3) is 0 Å². The summed E-state index contributed by atoms with van der Waals surface area (Å²) in [5.74, 6) is -1.19. The van der Waals surface area contributed by atoms with Crippen LogP contribution in [0.4, 0.5) is 8.78 Å². The van der Waals surface area contributed by atoms with Crippen molar-refractivity contribution >= 4 is 8.80 Å². The second-order valence-corrected chi connectivity index (χ2v) is 8.88. The molecular weight excluding hydrogens is 342 g/mol. The molecule has 1 aromatic carbocycles. The van der Waals surface area contributed by atoms with Crippen LogP contribution < -0.4 is 0 Å². The fraction of sp³-hybridized carbons (Fsp3) is 0.684. The molecule has 1 rings (SSSR count). The Morgan fingerprint density at radius 2 is 1.44 bits per heavy atom. The molecule has 0 N–H and O–H groups in total. The molecule has 0 saturated heterocycles. The van der Waals surface area contributed by atoms with E-state index in [0.717, 1.165) is 37.8 Å². The van der Waals surface area contributed by atoms with Crippen LogP contribution in [0.2, 0.25) is 6.04 Å². The third kappa shape index (κ3) is 7.52. The molecule has 144 valence electrons. The molecule has 1 aromatic rings. The monoisotopic (exact) mass is 374 g/mol. The minimum atomic E-state index is -2.90. The highest BCUT2D eigenvalue weighted by atomic mass is 28.4. The van der Waals surface area contributed by atoms with Gasteiger partial charge in [0.1, 0.15) is 11.6 Å². The Bertz CT molecular complexity index is 458. The fourth-order valence-electron chi connectivity index (χ4n) is 2.59. The number of unbranched alkanes of at least 4 members (excludes halogenated alkanes) is 1. The predicted octanol–water partition coefficient (Wildman–Crippen LogP) is 6.02. The zero-order chi connectivity index (χ0) is 18.7.